The molecule has 0 bridgehead atoms. The zero-order chi connectivity index (χ0) is 29.1. The number of hydrogen-bond donors (Lipinski definition) is 0. The summed E-state index contributed by atoms with van der Waals surface area (Å²) in [5.41, 5.74) is 6.38. The van der Waals surface area contributed by atoms with Gasteiger partial charge in [-0.15, -0.1) is 0 Å². The summed E-state index contributed by atoms with van der Waals surface area (Å²) in [6.07, 6.45) is 12.2. The monoisotopic (exact) mass is 587 g/mol. The summed E-state index contributed by atoms with van der Waals surface area (Å²) in [6.45, 7) is 3.99. The average Bonchev–Trinajstić information content (AvgIpc) is 3.40. The third-order valence-corrected chi connectivity index (χ3v) is 11.6. The predicted molar refractivity (Wildman–Crippen MR) is 173 cm³/mol. The molecule has 1 saturated heterocycles. The zero-order valence-electron chi connectivity index (χ0n) is 24.7. The highest BCUT2D eigenvalue weighted by molar-refractivity contribution is 7.91. The van der Waals surface area contributed by atoms with Crippen LogP contribution in [0.2, 0.25) is 0 Å². The van der Waals surface area contributed by atoms with Crippen LogP contribution in [0.3, 0.4) is 0 Å². The Balaban J connectivity index is 1.33. The maximum atomic E-state index is 13.3. The lowest BCUT2D eigenvalue weighted by Crippen LogP contribution is -2.38. The van der Waals surface area contributed by atoms with Gasteiger partial charge in [0.2, 0.25) is 0 Å². The Morgan fingerprint density at radius 2 is 1.65 bits per heavy atom. The van der Waals surface area contributed by atoms with Crippen molar-refractivity contribution in [2.24, 2.45) is 9.98 Å². The second kappa shape index (κ2) is 10.5. The van der Waals surface area contributed by atoms with Crippen molar-refractivity contribution in [2.75, 3.05) is 32.4 Å². The summed E-state index contributed by atoms with van der Waals surface area (Å²) < 4.78 is 26.6. The molecule has 2 aliphatic carbocycles. The molecule has 5 nitrogen and oxygen atoms in total. The van der Waals surface area contributed by atoms with Gasteiger partial charge in [0.1, 0.15) is 0 Å². The molecule has 0 N–H and O–H groups in total. The third-order valence-electron chi connectivity index (χ3n) is 10.1. The fraction of sp³-hybridized carbons (Fsp3) is 0.351. The minimum atomic E-state index is -3.35. The van der Waals surface area contributed by atoms with Gasteiger partial charge < -0.3 is 4.90 Å². The summed E-state index contributed by atoms with van der Waals surface area (Å²) in [4.78, 5) is 12.6. The van der Waals surface area contributed by atoms with E-state index < -0.39 is 15.1 Å². The molecule has 8 rings (SSSR count). The number of para-hydroxylation sites is 1. The van der Waals surface area contributed by atoms with Crippen molar-refractivity contribution in [2.45, 2.75) is 49.7 Å². The molecule has 3 aromatic rings. The number of fused-ring (bicyclic) bond motifs is 6. The van der Waals surface area contributed by atoms with Crippen LogP contribution >= 0.6 is 0 Å². The summed E-state index contributed by atoms with van der Waals surface area (Å²) in [6, 6.07) is 21.4. The van der Waals surface area contributed by atoms with Crippen LogP contribution in [0.15, 0.2) is 82.4 Å². The Kier molecular flexibility index (Phi) is 6.61. The molecular weight excluding hydrogens is 550 g/mol. The molecule has 0 radical (unpaired) electrons. The molecule has 3 aliphatic heterocycles. The van der Waals surface area contributed by atoms with Crippen LogP contribution in [-0.2, 0) is 16.3 Å². The average molecular weight is 588 g/mol. The Bertz CT molecular complexity index is 2190. The number of allylic oxidation sites excluding steroid dienone is 1. The van der Waals surface area contributed by atoms with Crippen LogP contribution < -0.4 is 21.0 Å². The van der Waals surface area contributed by atoms with Crippen LogP contribution in [0, 0.1) is 10.4 Å². The van der Waals surface area contributed by atoms with Gasteiger partial charge in [-0.2, -0.15) is 0 Å². The number of nitrogens with zero attached hydrogens (tertiary/aromatic N) is 3. The van der Waals surface area contributed by atoms with Crippen molar-refractivity contribution in [3.63, 3.8) is 0 Å². The number of hydrogen-bond acceptors (Lipinski definition) is 5. The van der Waals surface area contributed by atoms with Gasteiger partial charge in [0.05, 0.1) is 28.6 Å². The van der Waals surface area contributed by atoms with Gasteiger partial charge in [-0.3, -0.25) is 4.99 Å². The first-order chi connectivity index (χ1) is 21.0. The molecule has 43 heavy (non-hydrogen) atoms. The number of aliphatic imine (C=N–C) groups is 1. The molecule has 2 unspecified atom stereocenters. The molecule has 3 aromatic carbocycles. The molecule has 0 amide bonds. The summed E-state index contributed by atoms with van der Waals surface area (Å²) >= 11 is 0. The zero-order valence-corrected chi connectivity index (χ0v) is 25.5. The van der Waals surface area contributed by atoms with Crippen molar-refractivity contribution in [1.29, 1.82) is 0 Å². The predicted octanol–water partition coefficient (Wildman–Crippen LogP) is 3.06. The van der Waals surface area contributed by atoms with E-state index in [9.17, 15) is 8.42 Å². The second-order valence-corrected chi connectivity index (χ2v) is 14.9. The SMILES string of the molecule is CS(=O)(=O)C1CCc2c3c(ccc2=C1C1=NCC2=c4ccccc4=NC2=C1)=c1ccccc1=CC3CCN1CCCCC1. The van der Waals surface area contributed by atoms with E-state index in [2.05, 4.69) is 53.4 Å². The lowest BCUT2D eigenvalue weighted by atomic mass is 9.79. The Morgan fingerprint density at radius 1 is 0.884 bits per heavy atom. The van der Waals surface area contributed by atoms with Gasteiger partial charge in [-0.25, -0.2) is 13.4 Å². The van der Waals surface area contributed by atoms with Crippen molar-refractivity contribution in [3.05, 3.63) is 115 Å². The summed E-state index contributed by atoms with van der Waals surface area (Å²) in [7, 11) is -3.35. The van der Waals surface area contributed by atoms with Gasteiger partial charge in [-0.1, -0.05) is 67.1 Å². The largest absolute Gasteiger partial charge is 0.303 e. The molecule has 1 fully saturated rings. The first kappa shape index (κ1) is 27.0. The van der Waals surface area contributed by atoms with Gasteiger partial charge in [0, 0.05) is 28.5 Å². The summed E-state index contributed by atoms with van der Waals surface area (Å²) in [5.74, 6) is 0.295. The molecular formula is C37H37N3O2S. The lowest BCUT2D eigenvalue weighted by molar-refractivity contribution is 0.224. The maximum absolute atomic E-state index is 13.3. The maximum Gasteiger partial charge on any atom is 0.154 e. The number of dihydropyridines is 1. The minimum absolute atomic E-state index is 0.295. The van der Waals surface area contributed by atoms with Crippen molar-refractivity contribution >= 4 is 32.8 Å². The topological polar surface area (TPSA) is 62.1 Å². The highest BCUT2D eigenvalue weighted by atomic mass is 32.2. The normalized spacial score (nSPS) is 22.6. The van der Waals surface area contributed by atoms with E-state index >= 15 is 0 Å². The van der Waals surface area contributed by atoms with Gasteiger partial charge in [0.25, 0.3) is 0 Å². The molecule has 3 heterocycles. The van der Waals surface area contributed by atoms with Crippen molar-refractivity contribution in [1.82, 2.24) is 4.90 Å². The Hall–Kier alpha value is -3.61. The van der Waals surface area contributed by atoms with E-state index in [-0.39, 0.29) is 0 Å². The van der Waals surface area contributed by atoms with Crippen LogP contribution in [-0.4, -0.2) is 56.7 Å². The molecule has 5 aliphatic rings. The highest BCUT2D eigenvalue weighted by Gasteiger charge is 2.35. The lowest BCUT2D eigenvalue weighted by Gasteiger charge is -2.31. The third kappa shape index (κ3) is 4.67. The van der Waals surface area contributed by atoms with Crippen molar-refractivity contribution in [3.8, 4) is 0 Å². The van der Waals surface area contributed by atoms with Crippen LogP contribution in [0.1, 0.15) is 49.1 Å². The molecule has 0 spiro atoms. The first-order valence-corrected chi connectivity index (χ1v) is 17.7. The number of benzene rings is 3. The number of rotatable bonds is 5. The van der Waals surface area contributed by atoms with E-state index in [0.717, 1.165) is 57.7 Å². The van der Waals surface area contributed by atoms with E-state index in [1.54, 1.807) is 0 Å². The van der Waals surface area contributed by atoms with E-state index in [1.165, 1.54) is 65.4 Å². The number of likely N-dealkylation sites (tertiary alicyclic amines) is 1. The van der Waals surface area contributed by atoms with Gasteiger partial charge >= 0.3 is 0 Å². The van der Waals surface area contributed by atoms with Crippen LogP contribution in [0.25, 0.3) is 17.2 Å². The minimum Gasteiger partial charge on any atom is -0.303 e. The van der Waals surface area contributed by atoms with E-state index in [0.29, 0.717) is 18.9 Å². The smallest absolute Gasteiger partial charge is 0.154 e. The molecule has 0 aromatic heterocycles. The molecule has 6 heteroatoms. The van der Waals surface area contributed by atoms with E-state index in [4.69, 9.17) is 9.98 Å². The Morgan fingerprint density at radius 3 is 2.49 bits per heavy atom. The fourth-order valence-corrected chi connectivity index (χ4v) is 9.26. The van der Waals surface area contributed by atoms with Crippen molar-refractivity contribution < 1.29 is 8.42 Å². The molecule has 218 valence electrons. The van der Waals surface area contributed by atoms with Gasteiger partial charge in [-0.05, 0) is 95.9 Å². The van der Waals surface area contributed by atoms with E-state index in [1.807, 2.05) is 24.3 Å². The first-order valence-electron chi connectivity index (χ1n) is 15.8. The quantitative estimate of drug-likeness (QED) is 0.461. The Labute approximate surface area is 252 Å². The van der Waals surface area contributed by atoms with Gasteiger partial charge in [0.15, 0.2) is 9.84 Å². The molecule has 0 saturated carbocycles. The standard InChI is InChI=1S/C37H37N3O2S/c1-43(41,42)35-16-15-29-30(37(35)34-22-33-31(23-38-34)27-11-5-6-12-32(27)39-33)14-13-28-26-10-4-3-9-24(26)21-25(36(28)29)17-20-40-18-7-2-8-19-40/h3-6,9-14,21-22,25,35H,2,7-8,15-20,23H2,1H3. The van der Waals surface area contributed by atoms with Crippen LogP contribution in [0.4, 0.5) is 0 Å². The molecule has 2 atom stereocenters. The number of piperidine rings is 1. The summed E-state index contributed by atoms with van der Waals surface area (Å²) in [5, 5.41) is 6.47. The fourth-order valence-electron chi connectivity index (χ4n) is 8.04. The second-order valence-electron chi connectivity index (χ2n) is 12.7. The van der Waals surface area contributed by atoms with Crippen LogP contribution in [0.5, 0.6) is 0 Å². The highest BCUT2D eigenvalue weighted by Crippen LogP contribution is 2.34. The number of sulfone groups is 1.